The quantitative estimate of drug-likeness (QED) is 0.214. The molecule has 0 saturated carbocycles. The summed E-state index contributed by atoms with van der Waals surface area (Å²) < 4.78 is 11.6. The number of rotatable bonds is 11. The first-order valence-electron chi connectivity index (χ1n) is 11.2. The van der Waals surface area contributed by atoms with Crippen LogP contribution < -0.4 is 4.74 Å². The highest BCUT2D eigenvalue weighted by Gasteiger charge is 2.18. The van der Waals surface area contributed by atoms with Gasteiger partial charge >= 0.3 is 5.97 Å². The maximum atomic E-state index is 11.5. The lowest BCUT2D eigenvalue weighted by Crippen LogP contribution is -2.12. The third-order valence-electron chi connectivity index (χ3n) is 5.43. The fraction of sp³-hybridized carbons (Fsp3) is 0.179. The molecule has 0 aliphatic rings. The molecular weight excluding hydrogens is 444 g/mol. The van der Waals surface area contributed by atoms with Crippen molar-refractivity contribution in [2.24, 2.45) is 5.16 Å². The molecule has 0 aliphatic heterocycles. The van der Waals surface area contributed by atoms with Crippen molar-refractivity contribution in [2.45, 2.75) is 32.5 Å². The number of hydrogen-bond donors (Lipinski definition) is 1. The van der Waals surface area contributed by atoms with E-state index in [4.69, 9.17) is 14.0 Å². The van der Waals surface area contributed by atoms with Gasteiger partial charge in [0, 0.05) is 18.2 Å². The number of oxime groups is 1. The second kappa shape index (κ2) is 11.7. The van der Waals surface area contributed by atoms with E-state index in [1.165, 1.54) is 6.21 Å². The molecule has 0 amide bonds. The Balaban J connectivity index is 1.24. The van der Waals surface area contributed by atoms with Gasteiger partial charge < -0.3 is 19.1 Å². The molecule has 4 rings (SSSR count). The maximum absolute atomic E-state index is 11.5. The Labute approximate surface area is 203 Å². The van der Waals surface area contributed by atoms with Gasteiger partial charge in [-0.3, -0.25) is 4.79 Å². The van der Waals surface area contributed by atoms with Gasteiger partial charge in [0.05, 0.1) is 5.92 Å². The predicted octanol–water partition coefficient (Wildman–Crippen LogP) is 5.99. The number of aliphatic carboxylic acids is 1. The van der Waals surface area contributed by atoms with Gasteiger partial charge in [-0.1, -0.05) is 65.8 Å². The third-order valence-corrected chi connectivity index (χ3v) is 5.43. The van der Waals surface area contributed by atoms with E-state index in [1.54, 1.807) is 12.1 Å². The van der Waals surface area contributed by atoms with Crippen LogP contribution in [0.25, 0.3) is 11.5 Å². The van der Waals surface area contributed by atoms with Gasteiger partial charge in [-0.15, -0.1) is 0 Å². The minimum absolute atomic E-state index is 0.250. The smallest absolute Gasteiger partial charge is 0.311 e. The molecule has 0 radical (unpaired) electrons. The molecule has 178 valence electrons. The number of ether oxygens (including phenoxy) is 1. The molecule has 1 unspecified atom stereocenters. The lowest BCUT2D eigenvalue weighted by molar-refractivity contribution is -0.138. The van der Waals surface area contributed by atoms with Crippen LogP contribution >= 0.6 is 0 Å². The Morgan fingerprint density at radius 3 is 2.37 bits per heavy atom. The lowest BCUT2D eigenvalue weighted by atomic mass is 9.97. The van der Waals surface area contributed by atoms with Gasteiger partial charge in [-0.05, 0) is 42.3 Å². The molecule has 0 fully saturated rings. The van der Waals surface area contributed by atoms with Crippen LogP contribution in [0.4, 0.5) is 0 Å². The van der Waals surface area contributed by atoms with E-state index >= 15 is 0 Å². The minimum Gasteiger partial charge on any atom is -0.487 e. The van der Waals surface area contributed by atoms with Crippen LogP contribution in [0.15, 0.2) is 94.5 Å². The van der Waals surface area contributed by atoms with Crippen LogP contribution in [0.5, 0.6) is 5.75 Å². The molecule has 7 heteroatoms. The highest BCUT2D eigenvalue weighted by atomic mass is 16.6. The third kappa shape index (κ3) is 6.57. The van der Waals surface area contributed by atoms with Crippen LogP contribution in [0.3, 0.4) is 0 Å². The van der Waals surface area contributed by atoms with E-state index < -0.39 is 11.9 Å². The first-order chi connectivity index (χ1) is 17.1. The first kappa shape index (κ1) is 23.8. The Bertz CT molecular complexity index is 1250. The standard InChI is InChI=1S/C28H26N2O5/c1-20-26(30-27(35-20)23-10-6-3-7-11-23)19-33-24-14-12-21(13-15-24)18-34-29-17-16-25(28(31)32)22-8-4-2-5-9-22/h2-15,17,25H,16,18-19H2,1H3,(H,31,32)/b29-17+. The Hall–Kier alpha value is -4.39. The second-order valence-corrected chi connectivity index (χ2v) is 7.92. The molecule has 35 heavy (non-hydrogen) atoms. The number of carboxylic acids is 1. The van der Waals surface area contributed by atoms with Crippen LogP contribution in [-0.2, 0) is 22.8 Å². The molecule has 0 saturated heterocycles. The van der Waals surface area contributed by atoms with Gasteiger partial charge in [-0.25, -0.2) is 4.98 Å². The highest BCUT2D eigenvalue weighted by Crippen LogP contribution is 2.23. The summed E-state index contributed by atoms with van der Waals surface area (Å²) >= 11 is 0. The number of nitrogens with zero attached hydrogens (tertiary/aromatic N) is 2. The summed E-state index contributed by atoms with van der Waals surface area (Å²) in [6.45, 7) is 2.44. The summed E-state index contributed by atoms with van der Waals surface area (Å²) in [4.78, 5) is 21.4. The van der Waals surface area contributed by atoms with E-state index in [-0.39, 0.29) is 13.0 Å². The summed E-state index contributed by atoms with van der Waals surface area (Å²) in [7, 11) is 0. The summed E-state index contributed by atoms with van der Waals surface area (Å²) in [5.74, 6) is 0.456. The van der Waals surface area contributed by atoms with Crippen LogP contribution in [0, 0.1) is 6.92 Å². The zero-order chi connectivity index (χ0) is 24.5. The number of carbonyl (C=O) groups is 1. The van der Waals surface area contributed by atoms with Gasteiger partial charge in [0.2, 0.25) is 5.89 Å². The monoisotopic (exact) mass is 470 g/mol. The maximum Gasteiger partial charge on any atom is 0.311 e. The SMILES string of the molecule is Cc1oc(-c2ccccc2)nc1COc1ccc(CO/N=C/CC(C(=O)O)c2ccccc2)cc1. The molecule has 1 aromatic heterocycles. The normalized spacial score (nSPS) is 11.9. The van der Waals surface area contributed by atoms with Gasteiger partial charge in [0.15, 0.2) is 0 Å². The molecule has 0 spiro atoms. The lowest BCUT2D eigenvalue weighted by Gasteiger charge is -2.09. The van der Waals surface area contributed by atoms with Crippen molar-refractivity contribution in [3.8, 4) is 17.2 Å². The Kier molecular flexibility index (Phi) is 7.91. The summed E-state index contributed by atoms with van der Waals surface area (Å²) in [5.41, 5.74) is 3.32. The van der Waals surface area contributed by atoms with Gasteiger partial charge in [0.25, 0.3) is 0 Å². The fourth-order valence-electron chi connectivity index (χ4n) is 3.48. The number of benzene rings is 3. The van der Waals surface area contributed by atoms with Crippen molar-refractivity contribution in [2.75, 3.05) is 0 Å². The molecule has 1 N–H and O–H groups in total. The van der Waals surface area contributed by atoms with Crippen LogP contribution in [0.2, 0.25) is 0 Å². The summed E-state index contributed by atoms with van der Waals surface area (Å²) in [5, 5.41) is 13.4. The van der Waals surface area contributed by atoms with Crippen molar-refractivity contribution in [1.29, 1.82) is 0 Å². The van der Waals surface area contributed by atoms with Gasteiger partial charge in [-0.2, -0.15) is 0 Å². The minimum atomic E-state index is -0.893. The second-order valence-electron chi connectivity index (χ2n) is 7.92. The van der Waals surface area contributed by atoms with Crippen molar-refractivity contribution in [1.82, 2.24) is 4.98 Å². The van der Waals surface area contributed by atoms with Crippen LogP contribution in [0.1, 0.15) is 34.9 Å². The summed E-state index contributed by atoms with van der Waals surface area (Å²) in [6, 6.07) is 26.3. The summed E-state index contributed by atoms with van der Waals surface area (Å²) in [6.07, 6.45) is 1.74. The molecule has 0 bridgehead atoms. The fourth-order valence-corrected chi connectivity index (χ4v) is 3.48. The molecule has 4 aromatic rings. The number of carboxylic acid groups (broad SMARTS) is 1. The average molecular weight is 471 g/mol. The van der Waals surface area contributed by atoms with E-state index in [9.17, 15) is 9.90 Å². The number of aromatic nitrogens is 1. The first-order valence-corrected chi connectivity index (χ1v) is 11.2. The van der Waals surface area contributed by atoms with Crippen molar-refractivity contribution < 1.29 is 23.9 Å². The van der Waals surface area contributed by atoms with E-state index in [0.29, 0.717) is 18.2 Å². The zero-order valence-corrected chi connectivity index (χ0v) is 19.3. The number of aryl methyl sites for hydroxylation is 1. The largest absolute Gasteiger partial charge is 0.487 e. The van der Waals surface area contributed by atoms with Crippen LogP contribution in [-0.4, -0.2) is 22.3 Å². The number of oxazole rings is 1. The topological polar surface area (TPSA) is 94.2 Å². The predicted molar refractivity (Wildman–Crippen MR) is 132 cm³/mol. The van der Waals surface area contributed by atoms with Crippen molar-refractivity contribution >= 4 is 12.2 Å². The molecule has 7 nitrogen and oxygen atoms in total. The van der Waals surface area contributed by atoms with E-state index in [0.717, 1.165) is 28.1 Å². The molecule has 1 atom stereocenters. The van der Waals surface area contributed by atoms with E-state index in [1.807, 2.05) is 79.7 Å². The average Bonchev–Trinajstić information content (AvgIpc) is 3.27. The molecule has 0 aliphatic carbocycles. The van der Waals surface area contributed by atoms with Gasteiger partial charge in [0.1, 0.15) is 30.4 Å². The van der Waals surface area contributed by atoms with Crippen molar-refractivity contribution in [3.63, 3.8) is 0 Å². The van der Waals surface area contributed by atoms with Crippen molar-refractivity contribution in [3.05, 3.63) is 108 Å². The zero-order valence-electron chi connectivity index (χ0n) is 19.3. The molecule has 1 heterocycles. The number of hydrogen-bond acceptors (Lipinski definition) is 6. The highest BCUT2D eigenvalue weighted by molar-refractivity contribution is 5.80. The molecular formula is C28H26N2O5. The Morgan fingerprint density at radius 1 is 1.00 bits per heavy atom. The molecule has 3 aromatic carbocycles. The van der Waals surface area contributed by atoms with E-state index in [2.05, 4.69) is 10.1 Å². The Morgan fingerprint density at radius 2 is 1.69 bits per heavy atom.